The molecular weight excluding hydrogens is 222 g/mol. The monoisotopic (exact) mass is 245 g/mol. The largest absolute Gasteiger partial charge is 0.307 e. The minimum atomic E-state index is 0.0866. The van der Waals surface area contributed by atoms with Gasteiger partial charge in [0.1, 0.15) is 0 Å². The van der Waals surface area contributed by atoms with Gasteiger partial charge in [0.25, 0.3) is 0 Å². The Balaban J connectivity index is 1.94. The van der Waals surface area contributed by atoms with E-state index in [0.29, 0.717) is 18.1 Å². The Morgan fingerprint density at radius 3 is 2.56 bits per heavy atom. The highest BCUT2D eigenvalue weighted by Gasteiger charge is 2.20. The Morgan fingerprint density at radius 2 is 2.00 bits per heavy atom. The molecule has 0 saturated carbocycles. The van der Waals surface area contributed by atoms with Crippen molar-refractivity contribution >= 4 is 5.78 Å². The first-order valence-electron chi connectivity index (χ1n) is 7.02. The van der Waals surface area contributed by atoms with Crippen molar-refractivity contribution in [2.75, 3.05) is 6.54 Å². The number of piperidine rings is 1. The summed E-state index contributed by atoms with van der Waals surface area (Å²) in [7, 11) is 0. The number of hydrogen-bond donors (Lipinski definition) is 1. The molecule has 2 nitrogen and oxygen atoms in total. The first-order valence-corrected chi connectivity index (χ1v) is 7.02. The molecule has 0 spiro atoms. The van der Waals surface area contributed by atoms with Crippen molar-refractivity contribution in [3.63, 3.8) is 0 Å². The first kappa shape index (κ1) is 13.3. The van der Waals surface area contributed by atoms with Crippen LogP contribution in [0.15, 0.2) is 24.3 Å². The molecule has 1 unspecified atom stereocenters. The van der Waals surface area contributed by atoms with E-state index in [0.717, 1.165) is 18.5 Å². The highest BCUT2D eigenvalue weighted by molar-refractivity contribution is 5.86. The molecule has 1 aromatic carbocycles. The van der Waals surface area contributed by atoms with Gasteiger partial charge >= 0.3 is 0 Å². The van der Waals surface area contributed by atoms with Gasteiger partial charge in [0.2, 0.25) is 0 Å². The summed E-state index contributed by atoms with van der Waals surface area (Å²) in [6, 6.07) is 8.55. The fourth-order valence-corrected chi connectivity index (χ4v) is 2.47. The normalized spacial score (nSPS) is 20.1. The minimum Gasteiger partial charge on any atom is -0.307 e. The maximum Gasteiger partial charge on any atom is 0.154 e. The molecule has 0 bridgehead atoms. The van der Waals surface area contributed by atoms with Crippen molar-refractivity contribution in [2.45, 2.75) is 51.5 Å². The topological polar surface area (TPSA) is 29.1 Å². The molecule has 98 valence electrons. The number of ketones is 1. The summed E-state index contributed by atoms with van der Waals surface area (Å²) in [5.74, 6) is 0.891. The SMILES string of the molecule is CC(C)c1ccc(CC(=O)C2CCCCN2)cc1. The number of nitrogens with one attached hydrogen (secondary N) is 1. The quantitative estimate of drug-likeness (QED) is 0.883. The van der Waals surface area contributed by atoms with Gasteiger partial charge < -0.3 is 5.32 Å². The van der Waals surface area contributed by atoms with Gasteiger partial charge in [0, 0.05) is 6.42 Å². The zero-order chi connectivity index (χ0) is 13.0. The van der Waals surface area contributed by atoms with E-state index in [1.807, 2.05) is 0 Å². The van der Waals surface area contributed by atoms with E-state index in [-0.39, 0.29) is 6.04 Å². The highest BCUT2D eigenvalue weighted by Crippen LogP contribution is 2.16. The fourth-order valence-electron chi connectivity index (χ4n) is 2.47. The van der Waals surface area contributed by atoms with Gasteiger partial charge in [-0.1, -0.05) is 44.5 Å². The molecule has 0 aromatic heterocycles. The standard InChI is InChI=1S/C16H23NO/c1-12(2)14-8-6-13(7-9-14)11-16(18)15-5-3-4-10-17-15/h6-9,12,15,17H,3-5,10-11H2,1-2H3. The Labute approximate surface area is 110 Å². The van der Waals surface area contributed by atoms with Crippen molar-refractivity contribution in [3.8, 4) is 0 Å². The summed E-state index contributed by atoms with van der Waals surface area (Å²) in [4.78, 5) is 12.1. The molecule has 2 rings (SSSR count). The predicted octanol–water partition coefficient (Wildman–Crippen LogP) is 3.06. The second-order valence-electron chi connectivity index (χ2n) is 5.54. The lowest BCUT2D eigenvalue weighted by Crippen LogP contribution is -2.41. The van der Waals surface area contributed by atoms with E-state index in [4.69, 9.17) is 0 Å². The molecule has 1 atom stereocenters. The average Bonchev–Trinajstić information content (AvgIpc) is 2.40. The molecule has 1 fully saturated rings. The lowest BCUT2D eigenvalue weighted by atomic mass is 9.95. The molecule has 1 saturated heterocycles. The third-order valence-corrected chi connectivity index (χ3v) is 3.72. The van der Waals surface area contributed by atoms with Crippen molar-refractivity contribution in [3.05, 3.63) is 35.4 Å². The zero-order valence-corrected chi connectivity index (χ0v) is 11.4. The van der Waals surface area contributed by atoms with Crippen molar-refractivity contribution in [1.82, 2.24) is 5.32 Å². The van der Waals surface area contributed by atoms with E-state index in [9.17, 15) is 4.79 Å². The first-order chi connectivity index (χ1) is 8.66. The highest BCUT2D eigenvalue weighted by atomic mass is 16.1. The van der Waals surface area contributed by atoms with Gasteiger partial charge in [-0.15, -0.1) is 0 Å². The molecule has 1 aliphatic heterocycles. The lowest BCUT2D eigenvalue weighted by molar-refractivity contribution is -0.120. The molecule has 1 aromatic rings. The van der Waals surface area contributed by atoms with Crippen molar-refractivity contribution in [1.29, 1.82) is 0 Å². The van der Waals surface area contributed by atoms with Crippen LogP contribution < -0.4 is 5.32 Å². The summed E-state index contributed by atoms with van der Waals surface area (Å²) in [5, 5.41) is 3.32. The van der Waals surface area contributed by atoms with Crippen molar-refractivity contribution < 1.29 is 4.79 Å². The molecule has 1 aliphatic rings. The molecule has 18 heavy (non-hydrogen) atoms. The third kappa shape index (κ3) is 3.42. The van der Waals surface area contributed by atoms with Gasteiger partial charge in [-0.3, -0.25) is 4.79 Å². The van der Waals surface area contributed by atoms with Crippen LogP contribution in [0.4, 0.5) is 0 Å². The van der Waals surface area contributed by atoms with E-state index in [2.05, 4.69) is 43.4 Å². The van der Waals surface area contributed by atoms with Gasteiger partial charge in [-0.25, -0.2) is 0 Å². The van der Waals surface area contributed by atoms with Gasteiger partial charge in [0.15, 0.2) is 5.78 Å². The van der Waals surface area contributed by atoms with Crippen LogP contribution in [-0.2, 0) is 11.2 Å². The summed E-state index contributed by atoms with van der Waals surface area (Å²) in [6.45, 7) is 5.36. The van der Waals surface area contributed by atoms with Crippen LogP contribution in [0.25, 0.3) is 0 Å². The van der Waals surface area contributed by atoms with Crippen LogP contribution in [-0.4, -0.2) is 18.4 Å². The molecule has 2 heteroatoms. The Kier molecular flexibility index (Phi) is 4.54. The van der Waals surface area contributed by atoms with E-state index < -0.39 is 0 Å². The van der Waals surface area contributed by atoms with Crippen LogP contribution in [0.5, 0.6) is 0 Å². The number of rotatable bonds is 4. The predicted molar refractivity (Wildman–Crippen MR) is 74.9 cm³/mol. The number of carbonyl (C=O) groups excluding carboxylic acids is 1. The van der Waals surface area contributed by atoms with E-state index in [1.165, 1.54) is 18.4 Å². The molecule has 1 heterocycles. The average molecular weight is 245 g/mol. The zero-order valence-electron chi connectivity index (χ0n) is 11.4. The molecule has 0 amide bonds. The molecule has 1 N–H and O–H groups in total. The Hall–Kier alpha value is -1.15. The summed E-state index contributed by atoms with van der Waals surface area (Å²) in [6.07, 6.45) is 3.95. The van der Waals surface area contributed by atoms with Gasteiger partial charge in [-0.05, 0) is 36.4 Å². The molecular formula is C16H23NO. The molecule has 0 aliphatic carbocycles. The Morgan fingerprint density at radius 1 is 1.28 bits per heavy atom. The minimum absolute atomic E-state index is 0.0866. The van der Waals surface area contributed by atoms with Crippen LogP contribution in [0.1, 0.15) is 50.2 Å². The van der Waals surface area contributed by atoms with Gasteiger partial charge in [0.05, 0.1) is 6.04 Å². The number of carbonyl (C=O) groups is 1. The van der Waals surface area contributed by atoms with E-state index >= 15 is 0 Å². The van der Waals surface area contributed by atoms with Crippen LogP contribution in [0.3, 0.4) is 0 Å². The van der Waals surface area contributed by atoms with Crippen LogP contribution in [0, 0.1) is 0 Å². The second-order valence-corrected chi connectivity index (χ2v) is 5.54. The maximum absolute atomic E-state index is 12.1. The summed E-state index contributed by atoms with van der Waals surface area (Å²) >= 11 is 0. The van der Waals surface area contributed by atoms with Crippen molar-refractivity contribution in [2.24, 2.45) is 0 Å². The number of hydrogen-bond acceptors (Lipinski definition) is 2. The maximum atomic E-state index is 12.1. The van der Waals surface area contributed by atoms with Gasteiger partial charge in [-0.2, -0.15) is 0 Å². The Bertz CT molecular complexity index is 388. The summed E-state index contributed by atoms with van der Waals surface area (Å²) in [5.41, 5.74) is 2.47. The number of Topliss-reactive ketones (excluding diaryl/α,β-unsaturated/α-hetero) is 1. The lowest BCUT2D eigenvalue weighted by Gasteiger charge is -2.22. The smallest absolute Gasteiger partial charge is 0.154 e. The third-order valence-electron chi connectivity index (χ3n) is 3.72. The van der Waals surface area contributed by atoms with Crippen LogP contribution in [0.2, 0.25) is 0 Å². The summed E-state index contributed by atoms with van der Waals surface area (Å²) < 4.78 is 0. The second kappa shape index (κ2) is 6.14. The fraction of sp³-hybridized carbons (Fsp3) is 0.562. The number of benzene rings is 1. The van der Waals surface area contributed by atoms with E-state index in [1.54, 1.807) is 0 Å². The van der Waals surface area contributed by atoms with Crippen LogP contribution >= 0.6 is 0 Å². The molecule has 0 radical (unpaired) electrons.